The van der Waals surface area contributed by atoms with Crippen molar-refractivity contribution in [2.75, 3.05) is 18.5 Å². The number of aromatic nitrogens is 1. The highest BCUT2D eigenvalue weighted by Crippen LogP contribution is 2.20. The van der Waals surface area contributed by atoms with E-state index in [0.29, 0.717) is 28.8 Å². The molecule has 0 aliphatic carbocycles. The lowest BCUT2D eigenvalue weighted by atomic mass is 10.1. The summed E-state index contributed by atoms with van der Waals surface area (Å²) >= 11 is 11.8. The van der Waals surface area contributed by atoms with E-state index in [9.17, 15) is 4.79 Å². The first-order valence-corrected chi connectivity index (χ1v) is 10.8. The summed E-state index contributed by atoms with van der Waals surface area (Å²) in [5.74, 6) is 0. The number of hydrogen-bond donors (Lipinski definition) is 2. The summed E-state index contributed by atoms with van der Waals surface area (Å²) in [6.07, 6.45) is 2.14. The second-order valence-electron chi connectivity index (χ2n) is 7.62. The Morgan fingerprint density at radius 2 is 2.13 bits per heavy atom. The highest BCUT2D eigenvalue weighted by molar-refractivity contribution is 7.80. The van der Waals surface area contributed by atoms with Crippen LogP contribution in [0.3, 0.4) is 0 Å². The van der Waals surface area contributed by atoms with Crippen molar-refractivity contribution in [1.82, 2.24) is 9.88 Å². The van der Waals surface area contributed by atoms with Gasteiger partial charge in [0.2, 0.25) is 0 Å². The average Bonchev–Trinajstić information content (AvgIpc) is 3.22. The zero-order valence-electron chi connectivity index (χ0n) is 16.8. The maximum atomic E-state index is 12.8. The number of nitrogens with zero attached hydrogens (tertiary/aromatic N) is 1. The fraction of sp³-hybridized carbons (Fsp3) is 0.304. The third-order valence-electron chi connectivity index (χ3n) is 5.34. The first-order chi connectivity index (χ1) is 14.5. The van der Waals surface area contributed by atoms with Gasteiger partial charge in [-0.15, -0.1) is 0 Å². The second kappa shape index (κ2) is 9.16. The van der Waals surface area contributed by atoms with E-state index in [1.165, 1.54) is 0 Å². The molecule has 1 fully saturated rings. The Morgan fingerprint density at radius 1 is 1.30 bits per heavy atom. The van der Waals surface area contributed by atoms with Gasteiger partial charge in [0.25, 0.3) is 5.56 Å². The Morgan fingerprint density at radius 3 is 2.90 bits per heavy atom. The van der Waals surface area contributed by atoms with Crippen molar-refractivity contribution in [2.24, 2.45) is 0 Å². The number of halogens is 1. The lowest BCUT2D eigenvalue weighted by Gasteiger charge is -2.28. The molecule has 0 radical (unpaired) electrons. The molecule has 4 rings (SSSR count). The van der Waals surface area contributed by atoms with E-state index in [4.69, 9.17) is 28.6 Å². The first kappa shape index (κ1) is 20.8. The fourth-order valence-corrected chi connectivity index (χ4v) is 4.22. The van der Waals surface area contributed by atoms with E-state index in [1.54, 1.807) is 0 Å². The molecular weight excluding hydrogens is 418 g/mol. The van der Waals surface area contributed by atoms with Gasteiger partial charge in [-0.05, 0) is 67.2 Å². The van der Waals surface area contributed by atoms with Crippen LogP contribution in [0.2, 0.25) is 5.02 Å². The molecule has 156 valence electrons. The summed E-state index contributed by atoms with van der Waals surface area (Å²) in [7, 11) is 0. The van der Waals surface area contributed by atoms with Crippen molar-refractivity contribution < 1.29 is 4.74 Å². The molecule has 0 spiro atoms. The minimum absolute atomic E-state index is 0.0975. The standard InChI is InChI=1S/C23H24ClN3O2S/c1-15-5-2-6-16-11-17(22(28)26-21(15)16)13-27(14-20-9-4-10-29-20)23(30)25-19-8-3-7-18(24)12-19/h2-3,5-8,11-12,20H,4,9-10,13-14H2,1H3,(H,25,30)(H,26,28)/t20-/m1/s1. The molecule has 1 aliphatic rings. The van der Waals surface area contributed by atoms with Gasteiger partial charge in [0.05, 0.1) is 18.2 Å². The van der Waals surface area contributed by atoms with Crippen LogP contribution in [0.15, 0.2) is 53.3 Å². The molecule has 3 aromatic rings. The van der Waals surface area contributed by atoms with Gasteiger partial charge in [-0.3, -0.25) is 4.79 Å². The van der Waals surface area contributed by atoms with Crippen molar-refractivity contribution in [3.8, 4) is 0 Å². The van der Waals surface area contributed by atoms with Gasteiger partial charge in [-0.1, -0.05) is 35.9 Å². The smallest absolute Gasteiger partial charge is 0.253 e. The van der Waals surface area contributed by atoms with Gasteiger partial charge in [0.15, 0.2) is 5.11 Å². The van der Waals surface area contributed by atoms with Crippen LogP contribution in [0, 0.1) is 6.92 Å². The molecule has 1 saturated heterocycles. The van der Waals surface area contributed by atoms with Crippen LogP contribution in [-0.4, -0.2) is 34.3 Å². The SMILES string of the molecule is Cc1cccc2cc(CN(C[C@H]3CCCO3)C(=S)Nc3cccc(Cl)c3)c(=O)[nH]c12. The molecule has 1 aromatic heterocycles. The Kier molecular flexibility index (Phi) is 6.37. The third-order valence-corrected chi connectivity index (χ3v) is 5.93. The maximum Gasteiger partial charge on any atom is 0.253 e. The molecule has 0 saturated carbocycles. The van der Waals surface area contributed by atoms with Crippen LogP contribution in [-0.2, 0) is 11.3 Å². The molecule has 5 nitrogen and oxygen atoms in total. The van der Waals surface area contributed by atoms with Crippen LogP contribution in [0.1, 0.15) is 24.0 Å². The van der Waals surface area contributed by atoms with E-state index in [1.807, 2.05) is 60.4 Å². The normalized spacial score (nSPS) is 16.0. The monoisotopic (exact) mass is 441 g/mol. The summed E-state index contributed by atoms with van der Waals surface area (Å²) in [6, 6.07) is 15.4. The molecule has 0 unspecified atom stereocenters. The molecule has 2 aromatic carbocycles. The van der Waals surface area contributed by atoms with Gasteiger partial charge in [-0.25, -0.2) is 0 Å². The van der Waals surface area contributed by atoms with Gasteiger partial charge in [0.1, 0.15) is 0 Å². The Labute approximate surface area is 186 Å². The minimum atomic E-state index is -0.0975. The number of hydrogen-bond acceptors (Lipinski definition) is 3. The quantitative estimate of drug-likeness (QED) is 0.553. The van der Waals surface area contributed by atoms with Crippen molar-refractivity contribution in [2.45, 2.75) is 32.4 Å². The number of ether oxygens (including phenoxy) is 1. The zero-order chi connectivity index (χ0) is 21.1. The molecule has 0 bridgehead atoms. The van der Waals surface area contributed by atoms with Gasteiger partial charge in [-0.2, -0.15) is 0 Å². The van der Waals surface area contributed by atoms with Gasteiger partial charge >= 0.3 is 0 Å². The molecular formula is C23H24ClN3O2S. The number of rotatable bonds is 5. The summed E-state index contributed by atoms with van der Waals surface area (Å²) in [5, 5.41) is 5.43. The second-order valence-corrected chi connectivity index (χ2v) is 8.44. The van der Waals surface area contributed by atoms with E-state index >= 15 is 0 Å². The van der Waals surface area contributed by atoms with E-state index in [0.717, 1.165) is 41.6 Å². The van der Waals surface area contributed by atoms with Crippen molar-refractivity contribution in [1.29, 1.82) is 0 Å². The summed E-state index contributed by atoms with van der Waals surface area (Å²) < 4.78 is 5.82. The number of anilines is 1. The Balaban J connectivity index is 1.60. The average molecular weight is 442 g/mol. The van der Waals surface area contributed by atoms with Crippen LogP contribution in [0.4, 0.5) is 5.69 Å². The third kappa shape index (κ3) is 4.83. The number of para-hydroxylation sites is 1. The zero-order valence-corrected chi connectivity index (χ0v) is 18.4. The summed E-state index contributed by atoms with van der Waals surface area (Å²) in [5.41, 5.74) is 3.30. The lowest BCUT2D eigenvalue weighted by Crippen LogP contribution is -2.40. The van der Waals surface area contributed by atoms with Crippen molar-refractivity contribution >= 4 is 45.5 Å². The van der Waals surface area contributed by atoms with E-state index in [-0.39, 0.29) is 11.7 Å². The number of benzene rings is 2. The fourth-order valence-electron chi connectivity index (χ4n) is 3.77. The minimum Gasteiger partial charge on any atom is -0.376 e. The number of nitrogens with one attached hydrogen (secondary N) is 2. The van der Waals surface area contributed by atoms with Gasteiger partial charge < -0.3 is 19.9 Å². The van der Waals surface area contributed by atoms with Crippen LogP contribution in [0.25, 0.3) is 10.9 Å². The predicted molar refractivity (Wildman–Crippen MR) is 126 cm³/mol. The van der Waals surface area contributed by atoms with E-state index in [2.05, 4.69) is 10.3 Å². The highest BCUT2D eigenvalue weighted by Gasteiger charge is 2.22. The molecule has 7 heteroatoms. The number of H-pyrrole nitrogens is 1. The molecule has 2 N–H and O–H groups in total. The van der Waals surface area contributed by atoms with Crippen LogP contribution in [0.5, 0.6) is 0 Å². The van der Waals surface area contributed by atoms with Gasteiger partial charge in [0, 0.05) is 29.4 Å². The Hall–Kier alpha value is -2.41. The largest absolute Gasteiger partial charge is 0.376 e. The Bertz CT molecular complexity index is 1120. The molecule has 0 amide bonds. The number of fused-ring (bicyclic) bond motifs is 1. The predicted octanol–water partition coefficient (Wildman–Crippen LogP) is 4.87. The molecule has 1 atom stereocenters. The number of aromatic amines is 1. The number of thiocarbonyl (C=S) groups is 1. The first-order valence-electron chi connectivity index (χ1n) is 10.0. The maximum absolute atomic E-state index is 12.8. The van der Waals surface area contributed by atoms with Crippen LogP contribution < -0.4 is 10.9 Å². The topological polar surface area (TPSA) is 57.4 Å². The highest BCUT2D eigenvalue weighted by atomic mass is 35.5. The summed E-state index contributed by atoms with van der Waals surface area (Å²) in [6.45, 7) is 3.78. The molecule has 2 heterocycles. The lowest BCUT2D eigenvalue weighted by molar-refractivity contribution is 0.0904. The molecule has 30 heavy (non-hydrogen) atoms. The number of pyridine rings is 1. The van der Waals surface area contributed by atoms with Crippen molar-refractivity contribution in [3.05, 3.63) is 75.0 Å². The van der Waals surface area contributed by atoms with Crippen LogP contribution >= 0.6 is 23.8 Å². The van der Waals surface area contributed by atoms with Crippen molar-refractivity contribution in [3.63, 3.8) is 0 Å². The number of aryl methyl sites for hydroxylation is 1. The summed E-state index contributed by atoms with van der Waals surface area (Å²) in [4.78, 5) is 17.8. The van der Waals surface area contributed by atoms with E-state index < -0.39 is 0 Å². The molecule has 1 aliphatic heterocycles.